The second-order valence-corrected chi connectivity index (χ2v) is 4.73. The average molecular weight is 327 g/mol. The minimum atomic E-state index is -0.876. The van der Waals surface area contributed by atoms with E-state index in [0.717, 1.165) is 0 Å². The Morgan fingerprint density at radius 2 is 1.71 bits per heavy atom. The second kappa shape index (κ2) is 7.83. The number of hydrogen-bond acceptors (Lipinski definition) is 6. The highest BCUT2D eigenvalue weighted by molar-refractivity contribution is 5.94. The van der Waals surface area contributed by atoms with Crippen LogP contribution in [0.1, 0.15) is 22.0 Å². The normalized spacial score (nSPS) is 11.1. The van der Waals surface area contributed by atoms with Crippen molar-refractivity contribution in [2.75, 3.05) is 21.3 Å². The number of rotatable bonds is 6. The molecule has 0 aliphatic rings. The van der Waals surface area contributed by atoms with E-state index in [-0.39, 0.29) is 5.91 Å². The predicted molar refractivity (Wildman–Crippen MR) is 86.2 cm³/mol. The average Bonchev–Trinajstić information content (AvgIpc) is 2.65. The summed E-state index contributed by atoms with van der Waals surface area (Å²) in [6.07, 6.45) is 3.02. The number of nitrogens with one attached hydrogen (secondary N) is 1. The summed E-state index contributed by atoms with van der Waals surface area (Å²) in [5.74, 6) is 0.856. The number of hydrogen-bond donors (Lipinski definition) is 1. The van der Waals surface area contributed by atoms with Crippen LogP contribution in [0.15, 0.2) is 36.7 Å². The maximum atomic E-state index is 12.2. The monoisotopic (exact) mass is 327 g/mol. The molecule has 0 bridgehead atoms. The Morgan fingerprint density at radius 3 is 2.17 bits per heavy atom. The highest BCUT2D eigenvalue weighted by Crippen LogP contribution is 2.39. The highest BCUT2D eigenvalue weighted by atomic mass is 16.5. The van der Waals surface area contributed by atoms with Crippen LogP contribution < -0.4 is 19.5 Å². The zero-order chi connectivity index (χ0) is 17.5. The molecule has 1 atom stereocenters. The van der Waals surface area contributed by atoms with E-state index in [4.69, 9.17) is 14.2 Å². The maximum Gasteiger partial charge on any atom is 0.252 e. The zero-order valence-electron chi connectivity index (χ0n) is 13.6. The van der Waals surface area contributed by atoms with Gasteiger partial charge < -0.3 is 19.5 Å². The van der Waals surface area contributed by atoms with E-state index < -0.39 is 6.04 Å². The number of nitriles is 1. The van der Waals surface area contributed by atoms with Gasteiger partial charge in [-0.25, -0.2) is 0 Å². The molecule has 1 amide bonds. The molecule has 0 spiro atoms. The minimum absolute atomic E-state index is 0.377. The first-order valence-electron chi connectivity index (χ1n) is 7.05. The summed E-state index contributed by atoms with van der Waals surface area (Å²) in [4.78, 5) is 16.1. The van der Waals surface area contributed by atoms with Crippen LogP contribution in [0.25, 0.3) is 0 Å². The number of aromatic nitrogens is 1. The molecule has 0 aliphatic heterocycles. The molecule has 124 valence electrons. The van der Waals surface area contributed by atoms with E-state index in [2.05, 4.69) is 16.4 Å². The van der Waals surface area contributed by atoms with Gasteiger partial charge in [-0.05, 0) is 29.8 Å². The van der Waals surface area contributed by atoms with Crippen molar-refractivity contribution in [2.24, 2.45) is 0 Å². The molecule has 1 aromatic heterocycles. The van der Waals surface area contributed by atoms with Crippen LogP contribution in [0.4, 0.5) is 0 Å². The molecule has 1 aromatic carbocycles. The Labute approximate surface area is 139 Å². The summed E-state index contributed by atoms with van der Waals surface area (Å²) in [5, 5.41) is 12.1. The molecular weight excluding hydrogens is 310 g/mol. The van der Waals surface area contributed by atoms with E-state index in [9.17, 15) is 10.1 Å². The lowest BCUT2D eigenvalue weighted by molar-refractivity contribution is 0.0945. The second-order valence-electron chi connectivity index (χ2n) is 4.73. The number of methoxy groups -OCH3 is 3. The quantitative estimate of drug-likeness (QED) is 0.873. The number of carbonyl (C=O) groups excluding carboxylic acids is 1. The van der Waals surface area contributed by atoms with Gasteiger partial charge >= 0.3 is 0 Å². The van der Waals surface area contributed by atoms with Crippen LogP contribution in [0, 0.1) is 11.3 Å². The molecule has 2 aromatic rings. The lowest BCUT2D eigenvalue weighted by atomic mass is 10.1. The van der Waals surface area contributed by atoms with Crippen LogP contribution in [-0.4, -0.2) is 32.2 Å². The smallest absolute Gasteiger partial charge is 0.252 e. The fourth-order valence-electron chi connectivity index (χ4n) is 2.18. The van der Waals surface area contributed by atoms with Gasteiger partial charge in [-0.15, -0.1) is 0 Å². The number of benzene rings is 1. The Balaban J connectivity index is 2.34. The van der Waals surface area contributed by atoms with E-state index in [1.54, 1.807) is 24.3 Å². The number of ether oxygens (including phenoxy) is 3. The Kier molecular flexibility index (Phi) is 5.58. The maximum absolute atomic E-state index is 12.2. The largest absolute Gasteiger partial charge is 0.493 e. The van der Waals surface area contributed by atoms with E-state index in [1.807, 2.05) is 0 Å². The number of carbonyl (C=O) groups is 1. The summed E-state index contributed by atoms with van der Waals surface area (Å²) in [6.45, 7) is 0. The van der Waals surface area contributed by atoms with Crippen LogP contribution in [0.3, 0.4) is 0 Å². The molecule has 0 aliphatic carbocycles. The van der Waals surface area contributed by atoms with Gasteiger partial charge in [0.2, 0.25) is 5.75 Å². The van der Waals surface area contributed by atoms with Gasteiger partial charge in [0, 0.05) is 18.0 Å². The first-order chi connectivity index (χ1) is 11.6. The van der Waals surface area contributed by atoms with Gasteiger partial charge in [0.1, 0.15) is 6.04 Å². The van der Waals surface area contributed by atoms with Crippen molar-refractivity contribution in [1.82, 2.24) is 10.3 Å². The van der Waals surface area contributed by atoms with Crippen molar-refractivity contribution in [3.8, 4) is 23.3 Å². The fraction of sp³-hybridized carbons (Fsp3) is 0.235. The Bertz CT molecular complexity index is 731. The van der Waals surface area contributed by atoms with E-state index in [0.29, 0.717) is 28.4 Å². The SMILES string of the molecule is COc1cc(C(C#N)NC(=O)c2ccncc2)cc(OC)c1OC. The van der Waals surface area contributed by atoms with Crippen molar-refractivity contribution in [3.63, 3.8) is 0 Å². The van der Waals surface area contributed by atoms with Gasteiger partial charge in [0.25, 0.3) is 5.91 Å². The summed E-state index contributed by atoms with van der Waals surface area (Å²) in [7, 11) is 4.46. The Hall–Kier alpha value is -3.27. The molecule has 1 unspecified atom stereocenters. The lowest BCUT2D eigenvalue weighted by Gasteiger charge is -2.17. The Morgan fingerprint density at radius 1 is 1.12 bits per heavy atom. The van der Waals surface area contributed by atoms with Crippen LogP contribution in [0.5, 0.6) is 17.2 Å². The first-order valence-corrected chi connectivity index (χ1v) is 7.05. The van der Waals surface area contributed by atoms with Crippen molar-refractivity contribution in [1.29, 1.82) is 5.26 Å². The fourth-order valence-corrected chi connectivity index (χ4v) is 2.18. The first kappa shape index (κ1) is 17.1. The molecule has 2 rings (SSSR count). The summed E-state index contributed by atoms with van der Waals surface area (Å²) >= 11 is 0. The standard InChI is InChI=1S/C17H17N3O4/c1-22-14-8-12(9-15(23-2)16(14)24-3)13(10-18)20-17(21)11-4-6-19-7-5-11/h4-9,13H,1-3H3,(H,20,21). The molecule has 0 fully saturated rings. The third-order valence-electron chi connectivity index (χ3n) is 3.37. The predicted octanol–water partition coefficient (Wildman–Crippen LogP) is 2.10. The molecule has 0 saturated heterocycles. The van der Waals surface area contributed by atoms with Gasteiger partial charge in [0.15, 0.2) is 11.5 Å². The molecule has 1 N–H and O–H groups in total. The highest BCUT2D eigenvalue weighted by Gasteiger charge is 2.20. The van der Waals surface area contributed by atoms with Gasteiger partial charge in [-0.3, -0.25) is 9.78 Å². The summed E-state index contributed by atoms with van der Waals surface area (Å²) < 4.78 is 15.8. The van der Waals surface area contributed by atoms with Gasteiger partial charge in [-0.2, -0.15) is 5.26 Å². The number of amides is 1. The zero-order valence-corrected chi connectivity index (χ0v) is 13.6. The van der Waals surface area contributed by atoms with Crippen LogP contribution in [-0.2, 0) is 0 Å². The van der Waals surface area contributed by atoms with E-state index >= 15 is 0 Å². The van der Waals surface area contributed by atoms with Gasteiger partial charge in [-0.1, -0.05) is 0 Å². The van der Waals surface area contributed by atoms with Crippen LogP contribution >= 0.6 is 0 Å². The molecule has 0 radical (unpaired) electrons. The van der Waals surface area contributed by atoms with Crippen molar-refractivity contribution < 1.29 is 19.0 Å². The summed E-state index contributed by atoms with van der Waals surface area (Å²) in [5.41, 5.74) is 0.937. The topological polar surface area (TPSA) is 93.5 Å². The van der Waals surface area contributed by atoms with E-state index in [1.165, 1.54) is 33.7 Å². The minimum Gasteiger partial charge on any atom is -0.493 e. The molecule has 7 nitrogen and oxygen atoms in total. The molecule has 24 heavy (non-hydrogen) atoms. The number of pyridine rings is 1. The molecule has 7 heteroatoms. The van der Waals surface area contributed by atoms with Gasteiger partial charge in [0.05, 0.1) is 27.4 Å². The third-order valence-corrected chi connectivity index (χ3v) is 3.37. The number of nitrogens with zero attached hydrogens (tertiary/aromatic N) is 2. The van der Waals surface area contributed by atoms with Crippen molar-refractivity contribution in [2.45, 2.75) is 6.04 Å². The summed E-state index contributed by atoms with van der Waals surface area (Å²) in [6, 6.07) is 7.57. The molecular formula is C17H17N3O4. The molecule has 0 saturated carbocycles. The van der Waals surface area contributed by atoms with Crippen molar-refractivity contribution in [3.05, 3.63) is 47.8 Å². The van der Waals surface area contributed by atoms with Crippen LogP contribution in [0.2, 0.25) is 0 Å². The third kappa shape index (κ3) is 3.55. The molecule has 1 heterocycles. The van der Waals surface area contributed by atoms with Crippen molar-refractivity contribution >= 4 is 5.91 Å². The lowest BCUT2D eigenvalue weighted by Crippen LogP contribution is -2.27.